The number of carbonyl (C=O) groups excluding carboxylic acids is 1. The maximum absolute atomic E-state index is 13.1. The predicted molar refractivity (Wildman–Crippen MR) is 124 cm³/mol. The molecule has 4 aromatic carbocycles. The first-order chi connectivity index (χ1) is 14.2. The number of carbonyl (C=O) groups is 1. The van der Waals surface area contributed by atoms with Crippen molar-refractivity contribution in [2.75, 3.05) is 0 Å². The molecule has 0 saturated heterocycles. The van der Waals surface area contributed by atoms with E-state index in [4.69, 9.17) is 4.74 Å². The van der Waals surface area contributed by atoms with Crippen LogP contribution in [0.15, 0.2) is 114 Å². The van der Waals surface area contributed by atoms with Crippen LogP contribution in [0.1, 0.15) is 10.4 Å². The molecule has 0 aliphatic heterocycles. The minimum atomic E-state index is -0.892. The second kappa shape index (κ2) is 9.09. The van der Waals surface area contributed by atoms with Crippen molar-refractivity contribution in [1.29, 1.82) is 0 Å². The van der Waals surface area contributed by atoms with Crippen LogP contribution in [0.3, 0.4) is 0 Å². The lowest BCUT2D eigenvalue weighted by Gasteiger charge is -2.21. The summed E-state index contributed by atoms with van der Waals surface area (Å²) in [6, 6.07) is 35.4. The van der Waals surface area contributed by atoms with E-state index in [1.165, 1.54) is 10.6 Å². The molecule has 0 heterocycles. The van der Waals surface area contributed by atoms with Gasteiger partial charge < -0.3 is 4.74 Å². The molecule has 4 heteroatoms. The fraction of sp³-hybridized carbons (Fsp3) is 0. The number of hydrogen-bond donors (Lipinski definition) is 1. The highest BCUT2D eigenvalue weighted by molar-refractivity contribution is 7.80. The molecule has 0 unspecified atom stereocenters. The molecule has 0 amide bonds. The molecule has 0 aliphatic rings. The zero-order valence-corrected chi connectivity index (χ0v) is 17.4. The highest BCUT2D eigenvalue weighted by Gasteiger charge is 2.23. The van der Waals surface area contributed by atoms with E-state index in [1.807, 2.05) is 60.7 Å². The van der Waals surface area contributed by atoms with Crippen LogP contribution in [0, 0.1) is 0 Å². The van der Waals surface area contributed by atoms with Gasteiger partial charge in [0.1, 0.15) is 5.75 Å². The van der Waals surface area contributed by atoms with Crippen LogP contribution in [-0.4, -0.2) is 5.97 Å². The summed E-state index contributed by atoms with van der Waals surface area (Å²) in [7, 11) is -0.892. The molecule has 0 saturated carbocycles. The van der Waals surface area contributed by atoms with Gasteiger partial charge in [-0.05, 0) is 54.2 Å². The van der Waals surface area contributed by atoms with Crippen molar-refractivity contribution in [3.63, 3.8) is 0 Å². The number of rotatable bonds is 5. The highest BCUT2D eigenvalue weighted by atomic mass is 32.1. The SMILES string of the molecule is O=C(Oc1ccc(S)cc1)c1ccccc1P(c1ccccc1)c1ccccc1. The van der Waals surface area contributed by atoms with E-state index in [1.54, 1.807) is 24.3 Å². The van der Waals surface area contributed by atoms with Gasteiger partial charge in [-0.2, -0.15) is 0 Å². The van der Waals surface area contributed by atoms with Crippen molar-refractivity contribution in [3.8, 4) is 5.75 Å². The first-order valence-electron chi connectivity index (χ1n) is 9.23. The van der Waals surface area contributed by atoms with Gasteiger partial charge in [-0.3, -0.25) is 0 Å². The molecule has 0 bridgehead atoms. The summed E-state index contributed by atoms with van der Waals surface area (Å²) in [4.78, 5) is 13.9. The van der Waals surface area contributed by atoms with Crippen LogP contribution in [0.25, 0.3) is 0 Å². The molecular weight excluding hydrogens is 395 g/mol. The summed E-state index contributed by atoms with van der Waals surface area (Å²) in [6.07, 6.45) is 0. The van der Waals surface area contributed by atoms with E-state index in [-0.39, 0.29) is 5.97 Å². The third-order valence-electron chi connectivity index (χ3n) is 4.44. The van der Waals surface area contributed by atoms with Gasteiger partial charge in [0.05, 0.1) is 5.56 Å². The highest BCUT2D eigenvalue weighted by Crippen LogP contribution is 2.34. The summed E-state index contributed by atoms with van der Waals surface area (Å²) in [5, 5.41) is 3.36. The van der Waals surface area contributed by atoms with Gasteiger partial charge in [-0.15, -0.1) is 12.6 Å². The van der Waals surface area contributed by atoms with Crippen molar-refractivity contribution in [3.05, 3.63) is 115 Å². The number of benzene rings is 4. The Bertz CT molecular complexity index is 1060. The molecule has 0 aromatic heterocycles. The van der Waals surface area contributed by atoms with E-state index < -0.39 is 7.92 Å². The van der Waals surface area contributed by atoms with Crippen LogP contribution >= 0.6 is 20.6 Å². The third kappa shape index (κ3) is 4.59. The van der Waals surface area contributed by atoms with Crippen LogP contribution < -0.4 is 20.7 Å². The Hall–Kier alpha value is -2.87. The minimum Gasteiger partial charge on any atom is -0.423 e. The van der Waals surface area contributed by atoms with Crippen LogP contribution in [0.2, 0.25) is 0 Å². The van der Waals surface area contributed by atoms with Gasteiger partial charge in [-0.1, -0.05) is 78.9 Å². The van der Waals surface area contributed by atoms with Crippen molar-refractivity contribution in [2.45, 2.75) is 4.90 Å². The Balaban J connectivity index is 1.76. The van der Waals surface area contributed by atoms with E-state index in [2.05, 4.69) is 36.9 Å². The first kappa shape index (κ1) is 19.4. The summed E-state index contributed by atoms with van der Waals surface area (Å²) in [6.45, 7) is 0. The summed E-state index contributed by atoms with van der Waals surface area (Å²) >= 11 is 4.28. The van der Waals surface area contributed by atoms with Gasteiger partial charge in [0, 0.05) is 4.90 Å². The van der Waals surface area contributed by atoms with Gasteiger partial charge in [0.15, 0.2) is 0 Å². The number of hydrogen-bond acceptors (Lipinski definition) is 3. The van der Waals surface area contributed by atoms with E-state index in [9.17, 15) is 4.79 Å². The number of esters is 1. The topological polar surface area (TPSA) is 26.3 Å². The largest absolute Gasteiger partial charge is 0.423 e. The summed E-state index contributed by atoms with van der Waals surface area (Å²) < 4.78 is 5.66. The van der Waals surface area contributed by atoms with E-state index in [0.717, 1.165) is 10.2 Å². The molecule has 4 aromatic rings. The average Bonchev–Trinajstić information content (AvgIpc) is 2.77. The fourth-order valence-electron chi connectivity index (χ4n) is 3.10. The Kier molecular flexibility index (Phi) is 6.09. The van der Waals surface area contributed by atoms with Crippen molar-refractivity contribution >= 4 is 42.4 Å². The molecular formula is C25H19O2PS. The second-order valence-electron chi connectivity index (χ2n) is 6.41. The Labute approximate surface area is 177 Å². The zero-order valence-electron chi connectivity index (χ0n) is 15.6. The number of thiol groups is 1. The van der Waals surface area contributed by atoms with Gasteiger partial charge in [0.25, 0.3) is 0 Å². The van der Waals surface area contributed by atoms with Crippen LogP contribution in [0.4, 0.5) is 0 Å². The maximum atomic E-state index is 13.1. The Morgan fingerprint density at radius 2 is 1.17 bits per heavy atom. The van der Waals surface area contributed by atoms with Gasteiger partial charge >= 0.3 is 5.97 Å². The predicted octanol–water partition coefficient (Wildman–Crippen LogP) is 4.95. The lowest BCUT2D eigenvalue weighted by Crippen LogP contribution is -2.26. The lowest BCUT2D eigenvalue weighted by molar-refractivity contribution is 0.0736. The first-order valence-corrected chi connectivity index (χ1v) is 11.0. The standard InChI is InChI=1S/C25H19O2PS/c26-25(27-19-15-17-22(29)18-16-19)23-13-7-8-14-24(23)28(20-9-3-1-4-10-20)21-11-5-2-6-12-21/h1-18,29H. The molecule has 4 rings (SSSR count). The summed E-state index contributed by atoms with van der Waals surface area (Å²) in [5.41, 5.74) is 0.585. The molecule has 29 heavy (non-hydrogen) atoms. The molecule has 2 nitrogen and oxygen atoms in total. The van der Waals surface area contributed by atoms with Gasteiger partial charge in [-0.25, -0.2) is 4.79 Å². The van der Waals surface area contributed by atoms with Crippen molar-refractivity contribution in [1.82, 2.24) is 0 Å². The average molecular weight is 414 g/mol. The summed E-state index contributed by atoms with van der Waals surface area (Å²) in [5.74, 6) is 0.151. The number of ether oxygens (including phenoxy) is 1. The van der Waals surface area contributed by atoms with Crippen molar-refractivity contribution < 1.29 is 9.53 Å². The third-order valence-corrected chi connectivity index (χ3v) is 7.24. The Morgan fingerprint density at radius 1 is 0.655 bits per heavy atom. The van der Waals surface area contributed by atoms with E-state index >= 15 is 0 Å². The van der Waals surface area contributed by atoms with Gasteiger partial charge in [0.2, 0.25) is 0 Å². The quantitative estimate of drug-likeness (QED) is 0.216. The minimum absolute atomic E-state index is 0.355. The van der Waals surface area contributed by atoms with E-state index in [0.29, 0.717) is 11.3 Å². The molecule has 0 fully saturated rings. The molecule has 142 valence electrons. The second-order valence-corrected chi connectivity index (χ2v) is 9.11. The molecule has 0 N–H and O–H groups in total. The molecule has 0 spiro atoms. The van der Waals surface area contributed by atoms with Crippen LogP contribution in [-0.2, 0) is 0 Å². The molecule has 0 radical (unpaired) electrons. The smallest absolute Gasteiger partial charge is 0.344 e. The Morgan fingerprint density at radius 3 is 1.76 bits per heavy atom. The van der Waals surface area contributed by atoms with Crippen LogP contribution in [0.5, 0.6) is 5.75 Å². The fourth-order valence-corrected chi connectivity index (χ4v) is 5.68. The monoisotopic (exact) mass is 414 g/mol. The lowest BCUT2D eigenvalue weighted by atomic mass is 10.2. The maximum Gasteiger partial charge on any atom is 0.344 e. The molecule has 0 atom stereocenters. The normalized spacial score (nSPS) is 10.7. The molecule has 0 aliphatic carbocycles. The zero-order chi connectivity index (χ0) is 20.1. The van der Waals surface area contributed by atoms with Crippen molar-refractivity contribution in [2.24, 2.45) is 0 Å².